The summed E-state index contributed by atoms with van der Waals surface area (Å²) >= 11 is 0. The number of nitrogens with zero attached hydrogens (tertiary/aromatic N) is 4. The van der Waals surface area contributed by atoms with E-state index in [1.165, 1.54) is 25.9 Å². The second-order valence-corrected chi connectivity index (χ2v) is 7.09. The lowest BCUT2D eigenvalue weighted by Gasteiger charge is -2.49. The second kappa shape index (κ2) is 4.71. The van der Waals surface area contributed by atoms with Crippen LogP contribution in [0.25, 0.3) is 10.9 Å². The first kappa shape index (κ1) is 13.4. The predicted octanol–water partition coefficient (Wildman–Crippen LogP) is 2.18. The van der Waals surface area contributed by atoms with E-state index in [0.29, 0.717) is 5.92 Å². The van der Waals surface area contributed by atoms with Gasteiger partial charge in [-0.2, -0.15) is 5.10 Å². The summed E-state index contributed by atoms with van der Waals surface area (Å²) in [5.74, 6) is 1.60. The molecule has 6 rings (SSSR count). The van der Waals surface area contributed by atoms with Gasteiger partial charge in [0.15, 0.2) is 11.4 Å². The van der Waals surface area contributed by atoms with Crippen LogP contribution in [0.15, 0.2) is 29.6 Å². The predicted molar refractivity (Wildman–Crippen MR) is 89.4 cm³/mol. The Morgan fingerprint density at radius 2 is 2.17 bits per heavy atom. The summed E-state index contributed by atoms with van der Waals surface area (Å²) in [4.78, 5) is 8.47. The summed E-state index contributed by atoms with van der Waals surface area (Å²) in [6.07, 6.45) is 5.26. The standard InChI is InChI=1S/C17H21N5O/c1-21-15-3-2-14(8-12(15)10-18-21)19-16-9-17(23-20-16)11-22-6-4-13(17)5-7-22/h2-3,8,10,13H,4-7,9,11H2,1H3,(H,19,20)/t17-/m0/s1. The van der Waals surface area contributed by atoms with Crippen molar-refractivity contribution >= 4 is 22.4 Å². The van der Waals surface area contributed by atoms with Gasteiger partial charge in [0.1, 0.15) is 0 Å². The molecule has 2 aromatic rings. The Balaban J connectivity index is 1.35. The third kappa shape index (κ3) is 2.05. The zero-order chi connectivity index (χ0) is 15.4. The van der Waals surface area contributed by atoms with Crippen molar-refractivity contribution in [2.75, 3.05) is 25.0 Å². The van der Waals surface area contributed by atoms with Crippen molar-refractivity contribution in [3.05, 3.63) is 24.4 Å². The third-order valence-corrected chi connectivity index (χ3v) is 5.66. The molecule has 5 heterocycles. The zero-order valence-electron chi connectivity index (χ0n) is 13.3. The first-order valence-electron chi connectivity index (χ1n) is 8.38. The number of aromatic nitrogens is 2. The molecular formula is C17H21N5O. The SMILES string of the molecule is Cn1ncc2cc(NC3=NO[C@@]4(C3)CN3CCC4CC3)ccc21. The highest BCUT2D eigenvalue weighted by Crippen LogP contribution is 2.43. The number of oxime groups is 1. The molecule has 23 heavy (non-hydrogen) atoms. The minimum Gasteiger partial charge on any atom is -0.386 e. The van der Waals surface area contributed by atoms with Crippen LogP contribution in [0, 0.1) is 5.92 Å². The fourth-order valence-electron chi connectivity index (χ4n) is 4.40. The highest BCUT2D eigenvalue weighted by Gasteiger charge is 2.52. The van der Waals surface area contributed by atoms with E-state index in [9.17, 15) is 0 Å². The van der Waals surface area contributed by atoms with Crippen molar-refractivity contribution in [3.63, 3.8) is 0 Å². The van der Waals surface area contributed by atoms with Gasteiger partial charge in [-0.3, -0.25) is 9.58 Å². The normalized spacial score (nSPS) is 32.3. The van der Waals surface area contributed by atoms with Gasteiger partial charge in [-0.25, -0.2) is 0 Å². The second-order valence-electron chi connectivity index (χ2n) is 7.09. The highest BCUT2D eigenvalue weighted by atomic mass is 16.7. The molecule has 3 fully saturated rings. The van der Waals surface area contributed by atoms with Gasteiger partial charge in [0.05, 0.1) is 18.1 Å². The number of fused-ring (bicyclic) bond motifs is 3. The molecule has 3 saturated heterocycles. The molecule has 1 atom stereocenters. The van der Waals surface area contributed by atoms with E-state index >= 15 is 0 Å². The van der Waals surface area contributed by atoms with Gasteiger partial charge in [-0.15, -0.1) is 0 Å². The van der Waals surface area contributed by atoms with Crippen LogP contribution < -0.4 is 5.32 Å². The van der Waals surface area contributed by atoms with Gasteiger partial charge >= 0.3 is 0 Å². The van der Waals surface area contributed by atoms with Gasteiger partial charge in [0, 0.05) is 30.6 Å². The maximum atomic E-state index is 5.96. The van der Waals surface area contributed by atoms with Crippen LogP contribution in [0.3, 0.4) is 0 Å². The number of nitrogens with one attached hydrogen (secondary N) is 1. The van der Waals surface area contributed by atoms with E-state index in [4.69, 9.17) is 4.84 Å². The molecule has 6 nitrogen and oxygen atoms in total. The van der Waals surface area contributed by atoms with Crippen molar-refractivity contribution < 1.29 is 4.84 Å². The largest absolute Gasteiger partial charge is 0.386 e. The molecule has 0 saturated carbocycles. The molecule has 120 valence electrons. The summed E-state index contributed by atoms with van der Waals surface area (Å²) in [6, 6.07) is 6.28. The number of piperidine rings is 3. The molecule has 1 N–H and O–H groups in total. The molecule has 4 aliphatic rings. The van der Waals surface area contributed by atoms with Gasteiger partial charge in [-0.05, 0) is 44.1 Å². The molecule has 1 aromatic carbocycles. The van der Waals surface area contributed by atoms with Crippen LogP contribution in [-0.4, -0.2) is 45.8 Å². The smallest absolute Gasteiger partial charge is 0.160 e. The lowest BCUT2D eigenvalue weighted by Crippen LogP contribution is -2.59. The number of rotatable bonds is 1. The molecule has 1 spiro atoms. The molecular weight excluding hydrogens is 290 g/mol. The fraction of sp³-hybridized carbons (Fsp3) is 0.529. The molecule has 2 bridgehead atoms. The van der Waals surface area contributed by atoms with Crippen LogP contribution in [0.1, 0.15) is 19.3 Å². The first-order valence-corrected chi connectivity index (χ1v) is 8.38. The van der Waals surface area contributed by atoms with Crippen molar-refractivity contribution in [2.24, 2.45) is 18.1 Å². The van der Waals surface area contributed by atoms with E-state index in [2.05, 4.69) is 38.7 Å². The third-order valence-electron chi connectivity index (χ3n) is 5.66. The number of hydrogen-bond acceptors (Lipinski definition) is 5. The van der Waals surface area contributed by atoms with E-state index < -0.39 is 0 Å². The number of benzene rings is 1. The van der Waals surface area contributed by atoms with Crippen molar-refractivity contribution in [1.29, 1.82) is 0 Å². The van der Waals surface area contributed by atoms with Crippen LogP contribution in [0.4, 0.5) is 5.69 Å². The Kier molecular flexibility index (Phi) is 2.74. The molecule has 0 aliphatic carbocycles. The Hall–Kier alpha value is -2.08. The molecule has 0 unspecified atom stereocenters. The average Bonchev–Trinajstić information content (AvgIpc) is 3.13. The van der Waals surface area contributed by atoms with Crippen molar-refractivity contribution in [1.82, 2.24) is 14.7 Å². The van der Waals surface area contributed by atoms with Gasteiger partial charge in [0.25, 0.3) is 0 Å². The van der Waals surface area contributed by atoms with Crippen LogP contribution >= 0.6 is 0 Å². The molecule has 1 aromatic heterocycles. The number of hydrogen-bond donors (Lipinski definition) is 1. The Morgan fingerprint density at radius 3 is 2.96 bits per heavy atom. The molecule has 6 heteroatoms. The minimum absolute atomic E-state index is 0.0861. The summed E-state index contributed by atoms with van der Waals surface area (Å²) in [6.45, 7) is 3.46. The Morgan fingerprint density at radius 1 is 1.30 bits per heavy atom. The van der Waals surface area contributed by atoms with Crippen molar-refractivity contribution in [2.45, 2.75) is 24.9 Å². The van der Waals surface area contributed by atoms with E-state index in [0.717, 1.165) is 35.4 Å². The van der Waals surface area contributed by atoms with E-state index in [-0.39, 0.29) is 5.60 Å². The zero-order valence-corrected chi connectivity index (χ0v) is 13.3. The highest BCUT2D eigenvalue weighted by molar-refractivity contribution is 5.98. The van der Waals surface area contributed by atoms with Gasteiger partial charge in [-0.1, -0.05) is 5.16 Å². The summed E-state index contributed by atoms with van der Waals surface area (Å²) in [7, 11) is 1.96. The summed E-state index contributed by atoms with van der Waals surface area (Å²) in [5.41, 5.74) is 2.09. The topological polar surface area (TPSA) is 54.7 Å². The monoisotopic (exact) mass is 311 g/mol. The van der Waals surface area contributed by atoms with Gasteiger partial charge in [0.2, 0.25) is 0 Å². The van der Waals surface area contributed by atoms with E-state index in [1.54, 1.807) is 0 Å². The van der Waals surface area contributed by atoms with Crippen LogP contribution in [0.5, 0.6) is 0 Å². The van der Waals surface area contributed by atoms with Crippen LogP contribution in [-0.2, 0) is 11.9 Å². The molecule has 4 aliphatic heterocycles. The minimum atomic E-state index is -0.0861. The van der Waals surface area contributed by atoms with Gasteiger partial charge < -0.3 is 10.2 Å². The lowest BCUT2D eigenvalue weighted by molar-refractivity contribution is -0.136. The molecule has 0 amide bonds. The first-order chi connectivity index (χ1) is 11.2. The summed E-state index contributed by atoms with van der Waals surface area (Å²) in [5, 5.41) is 13.2. The Labute approximate surface area is 135 Å². The number of anilines is 1. The summed E-state index contributed by atoms with van der Waals surface area (Å²) < 4.78 is 1.89. The maximum absolute atomic E-state index is 5.96. The molecule has 0 radical (unpaired) electrons. The lowest BCUT2D eigenvalue weighted by atomic mass is 9.73. The Bertz CT molecular complexity index is 789. The average molecular weight is 311 g/mol. The van der Waals surface area contributed by atoms with Crippen molar-refractivity contribution in [3.8, 4) is 0 Å². The number of amidine groups is 1. The number of aryl methyl sites for hydroxylation is 1. The fourth-order valence-corrected chi connectivity index (χ4v) is 4.40. The quantitative estimate of drug-likeness (QED) is 0.877. The maximum Gasteiger partial charge on any atom is 0.160 e. The van der Waals surface area contributed by atoms with E-state index in [1.807, 2.05) is 17.9 Å². The van der Waals surface area contributed by atoms with Crippen LogP contribution in [0.2, 0.25) is 0 Å².